The van der Waals surface area contributed by atoms with Crippen LogP contribution in [-0.4, -0.2) is 37.9 Å². The van der Waals surface area contributed by atoms with Gasteiger partial charge in [-0.25, -0.2) is 4.39 Å². The van der Waals surface area contributed by atoms with Crippen LogP contribution in [0.1, 0.15) is 41.6 Å². The zero-order valence-corrected chi connectivity index (χ0v) is 15.0. The molecule has 2 aromatic carbocycles. The van der Waals surface area contributed by atoms with E-state index in [2.05, 4.69) is 19.0 Å². The second-order valence-electron chi connectivity index (χ2n) is 6.43. The molecule has 134 valence electrons. The van der Waals surface area contributed by atoms with E-state index < -0.39 is 0 Å². The van der Waals surface area contributed by atoms with Crippen molar-refractivity contribution in [3.8, 4) is 5.75 Å². The van der Waals surface area contributed by atoms with E-state index in [1.165, 1.54) is 37.1 Å². The van der Waals surface area contributed by atoms with E-state index in [4.69, 9.17) is 4.74 Å². The Hall–Kier alpha value is -2.20. The Morgan fingerprint density at radius 1 is 0.880 bits per heavy atom. The van der Waals surface area contributed by atoms with Gasteiger partial charge in [-0.2, -0.15) is 0 Å². The Balaban J connectivity index is 1.74. The van der Waals surface area contributed by atoms with Crippen LogP contribution in [0.25, 0.3) is 0 Å². The molecule has 0 N–H and O–H groups in total. The molecule has 0 fully saturated rings. The molecule has 3 nitrogen and oxygen atoms in total. The number of halogens is 1. The number of unbranched alkanes of at least 4 members (excludes halogenated alkanes) is 3. The lowest BCUT2D eigenvalue weighted by Crippen LogP contribution is -2.12. The van der Waals surface area contributed by atoms with E-state index in [0.29, 0.717) is 17.7 Å². The molecular weight excluding hydrogens is 317 g/mol. The summed E-state index contributed by atoms with van der Waals surface area (Å²) >= 11 is 0. The molecule has 0 aliphatic carbocycles. The Kier molecular flexibility index (Phi) is 7.61. The molecule has 0 saturated carbocycles. The summed E-state index contributed by atoms with van der Waals surface area (Å²) in [6.07, 6.45) is 4.62. The minimum Gasteiger partial charge on any atom is -0.494 e. The highest BCUT2D eigenvalue weighted by atomic mass is 19.1. The lowest BCUT2D eigenvalue weighted by Gasteiger charge is -2.09. The molecule has 0 aliphatic rings. The summed E-state index contributed by atoms with van der Waals surface area (Å²) in [5.41, 5.74) is 1.05. The highest BCUT2D eigenvalue weighted by Crippen LogP contribution is 2.16. The average Bonchev–Trinajstić information content (AvgIpc) is 2.61. The molecule has 0 aromatic heterocycles. The number of ether oxygens (including phenoxy) is 1. The normalized spacial score (nSPS) is 10.9. The van der Waals surface area contributed by atoms with Crippen molar-refractivity contribution in [2.75, 3.05) is 27.2 Å². The third-order valence-corrected chi connectivity index (χ3v) is 3.99. The summed E-state index contributed by atoms with van der Waals surface area (Å²) < 4.78 is 18.6. The maximum atomic E-state index is 12.9. The number of hydrogen-bond donors (Lipinski definition) is 0. The lowest BCUT2D eigenvalue weighted by molar-refractivity contribution is 0.103. The van der Waals surface area contributed by atoms with E-state index in [0.717, 1.165) is 25.1 Å². The zero-order chi connectivity index (χ0) is 18.1. The van der Waals surface area contributed by atoms with Gasteiger partial charge in [0, 0.05) is 11.1 Å². The van der Waals surface area contributed by atoms with E-state index in [1.54, 1.807) is 12.1 Å². The number of hydrogen-bond acceptors (Lipinski definition) is 3. The third-order valence-electron chi connectivity index (χ3n) is 3.99. The predicted octanol–water partition coefficient (Wildman–Crippen LogP) is 4.56. The molecule has 2 aromatic rings. The van der Waals surface area contributed by atoms with Crippen molar-refractivity contribution in [3.63, 3.8) is 0 Å². The van der Waals surface area contributed by atoms with Crippen LogP contribution in [0.15, 0.2) is 48.5 Å². The van der Waals surface area contributed by atoms with Crippen LogP contribution in [0, 0.1) is 5.82 Å². The summed E-state index contributed by atoms with van der Waals surface area (Å²) in [4.78, 5) is 14.5. The van der Waals surface area contributed by atoms with Gasteiger partial charge in [-0.15, -0.1) is 0 Å². The fourth-order valence-corrected chi connectivity index (χ4v) is 2.54. The van der Waals surface area contributed by atoms with Gasteiger partial charge in [0.05, 0.1) is 6.61 Å². The Bertz CT molecular complexity index is 651. The number of carbonyl (C=O) groups excluding carboxylic acids is 1. The molecule has 0 atom stereocenters. The van der Waals surface area contributed by atoms with Crippen molar-refractivity contribution in [3.05, 3.63) is 65.5 Å². The van der Waals surface area contributed by atoms with Crippen molar-refractivity contribution < 1.29 is 13.9 Å². The molecule has 0 unspecified atom stereocenters. The van der Waals surface area contributed by atoms with Crippen LogP contribution in [0.3, 0.4) is 0 Å². The van der Waals surface area contributed by atoms with Gasteiger partial charge in [0.2, 0.25) is 0 Å². The van der Waals surface area contributed by atoms with Gasteiger partial charge in [0.1, 0.15) is 11.6 Å². The molecule has 0 spiro atoms. The SMILES string of the molecule is CN(C)CCCCCCOc1ccc(C(=O)c2ccc(F)cc2)cc1. The smallest absolute Gasteiger partial charge is 0.193 e. The fourth-order valence-electron chi connectivity index (χ4n) is 2.54. The first-order chi connectivity index (χ1) is 12.1. The minimum atomic E-state index is -0.345. The number of carbonyl (C=O) groups is 1. The maximum Gasteiger partial charge on any atom is 0.193 e. The molecule has 0 saturated heterocycles. The average molecular weight is 343 g/mol. The van der Waals surface area contributed by atoms with Crippen molar-refractivity contribution in [2.45, 2.75) is 25.7 Å². The van der Waals surface area contributed by atoms with Crippen molar-refractivity contribution in [1.82, 2.24) is 4.90 Å². The molecule has 0 amide bonds. The van der Waals surface area contributed by atoms with Gasteiger partial charge in [0.25, 0.3) is 0 Å². The standard InChI is InChI=1S/C21H26FNO2/c1-23(2)15-5-3-4-6-16-25-20-13-9-18(10-14-20)21(24)17-7-11-19(22)12-8-17/h7-14H,3-6,15-16H2,1-2H3. The van der Waals surface area contributed by atoms with Gasteiger partial charge in [-0.05, 0) is 82.0 Å². The van der Waals surface area contributed by atoms with Gasteiger partial charge in [0.15, 0.2) is 5.78 Å². The molecule has 25 heavy (non-hydrogen) atoms. The first kappa shape index (κ1) is 19.1. The van der Waals surface area contributed by atoms with Crippen molar-refractivity contribution >= 4 is 5.78 Å². The van der Waals surface area contributed by atoms with Crippen molar-refractivity contribution in [2.24, 2.45) is 0 Å². The first-order valence-electron chi connectivity index (χ1n) is 8.74. The van der Waals surface area contributed by atoms with E-state index in [1.807, 2.05) is 12.1 Å². The number of benzene rings is 2. The highest BCUT2D eigenvalue weighted by Gasteiger charge is 2.09. The van der Waals surface area contributed by atoms with Crippen LogP contribution >= 0.6 is 0 Å². The summed E-state index contributed by atoms with van der Waals surface area (Å²) in [7, 11) is 4.18. The molecule has 4 heteroatoms. The second-order valence-corrected chi connectivity index (χ2v) is 6.43. The third kappa shape index (κ3) is 6.67. The summed E-state index contributed by atoms with van der Waals surface area (Å²) in [6, 6.07) is 12.7. The van der Waals surface area contributed by atoms with Gasteiger partial charge in [-0.3, -0.25) is 4.79 Å². The quantitative estimate of drug-likeness (QED) is 0.468. The van der Waals surface area contributed by atoms with Gasteiger partial charge < -0.3 is 9.64 Å². The molecule has 0 radical (unpaired) electrons. The number of ketones is 1. The topological polar surface area (TPSA) is 29.5 Å². The Morgan fingerprint density at radius 2 is 1.44 bits per heavy atom. The fraction of sp³-hybridized carbons (Fsp3) is 0.381. The van der Waals surface area contributed by atoms with Crippen LogP contribution in [0.5, 0.6) is 5.75 Å². The number of rotatable bonds is 10. The minimum absolute atomic E-state index is 0.118. The summed E-state index contributed by atoms with van der Waals surface area (Å²) in [5, 5.41) is 0. The summed E-state index contributed by atoms with van der Waals surface area (Å²) in [6.45, 7) is 1.82. The molecule has 0 bridgehead atoms. The molecule has 0 heterocycles. The second kappa shape index (κ2) is 9.94. The highest BCUT2D eigenvalue weighted by molar-refractivity contribution is 6.08. The van der Waals surface area contributed by atoms with E-state index in [-0.39, 0.29) is 11.6 Å². The Labute approximate surface area is 149 Å². The Morgan fingerprint density at radius 3 is 2.04 bits per heavy atom. The van der Waals surface area contributed by atoms with Crippen LogP contribution < -0.4 is 4.74 Å². The monoisotopic (exact) mass is 343 g/mol. The van der Waals surface area contributed by atoms with Gasteiger partial charge in [-0.1, -0.05) is 12.8 Å². The molecule has 0 aliphatic heterocycles. The lowest BCUT2D eigenvalue weighted by atomic mass is 10.0. The first-order valence-corrected chi connectivity index (χ1v) is 8.74. The maximum absolute atomic E-state index is 12.9. The molecular formula is C21H26FNO2. The zero-order valence-electron chi connectivity index (χ0n) is 15.0. The largest absolute Gasteiger partial charge is 0.494 e. The summed E-state index contributed by atoms with van der Waals surface area (Å²) in [5.74, 6) is 0.304. The van der Waals surface area contributed by atoms with Gasteiger partial charge >= 0.3 is 0 Å². The molecule has 2 rings (SSSR count). The van der Waals surface area contributed by atoms with E-state index >= 15 is 0 Å². The van der Waals surface area contributed by atoms with Crippen LogP contribution in [-0.2, 0) is 0 Å². The van der Waals surface area contributed by atoms with Crippen molar-refractivity contribution in [1.29, 1.82) is 0 Å². The van der Waals surface area contributed by atoms with Crippen LogP contribution in [0.2, 0.25) is 0 Å². The van der Waals surface area contributed by atoms with E-state index in [9.17, 15) is 9.18 Å². The predicted molar refractivity (Wildman–Crippen MR) is 98.8 cm³/mol. The number of nitrogens with zero attached hydrogens (tertiary/aromatic N) is 1. The van der Waals surface area contributed by atoms with Crippen LogP contribution in [0.4, 0.5) is 4.39 Å².